The van der Waals surface area contributed by atoms with Gasteiger partial charge in [-0.05, 0) is 36.3 Å². The number of carboxylic acid groups (broad SMARTS) is 1. The van der Waals surface area contributed by atoms with Crippen LogP contribution in [0.1, 0.15) is 39.2 Å². The molecule has 0 heterocycles. The first-order valence-corrected chi connectivity index (χ1v) is 6.68. The summed E-state index contributed by atoms with van der Waals surface area (Å²) >= 11 is 0. The molecule has 1 aromatic rings. The molecule has 0 aliphatic heterocycles. The van der Waals surface area contributed by atoms with Gasteiger partial charge >= 0.3 is 5.97 Å². The van der Waals surface area contributed by atoms with Crippen LogP contribution in [0.5, 0.6) is 5.75 Å². The molecule has 0 aliphatic rings. The summed E-state index contributed by atoms with van der Waals surface area (Å²) < 4.78 is 5.28. The van der Waals surface area contributed by atoms with E-state index >= 15 is 0 Å². The minimum absolute atomic E-state index is 0.161. The summed E-state index contributed by atoms with van der Waals surface area (Å²) in [6, 6.07) is 7.62. The van der Waals surface area contributed by atoms with Gasteiger partial charge in [0.05, 0.1) is 13.0 Å². The minimum Gasteiger partial charge on any atom is -0.496 e. The van der Waals surface area contributed by atoms with Crippen molar-refractivity contribution >= 4 is 5.97 Å². The summed E-state index contributed by atoms with van der Waals surface area (Å²) in [7, 11) is 1.61. The molecule has 0 bridgehead atoms. The summed E-state index contributed by atoms with van der Waals surface area (Å²) in [4.78, 5) is 11.4. The van der Waals surface area contributed by atoms with Crippen molar-refractivity contribution in [2.45, 2.75) is 40.0 Å². The highest BCUT2D eigenvalue weighted by atomic mass is 16.5. The summed E-state index contributed by atoms with van der Waals surface area (Å²) in [5, 5.41) is 9.35. The molecule has 3 heteroatoms. The second-order valence-electron chi connectivity index (χ2n) is 6.15. The maximum atomic E-state index is 11.4. The van der Waals surface area contributed by atoms with Gasteiger partial charge in [0.2, 0.25) is 0 Å². The molecule has 0 saturated heterocycles. The van der Waals surface area contributed by atoms with Gasteiger partial charge in [-0.3, -0.25) is 4.79 Å². The van der Waals surface area contributed by atoms with Crippen molar-refractivity contribution in [3.05, 3.63) is 29.8 Å². The summed E-state index contributed by atoms with van der Waals surface area (Å²) in [5.41, 5.74) is 1.13. The van der Waals surface area contributed by atoms with Crippen molar-refractivity contribution in [2.24, 2.45) is 11.3 Å². The van der Waals surface area contributed by atoms with Crippen LogP contribution in [0.25, 0.3) is 0 Å². The predicted molar refractivity (Wildman–Crippen MR) is 76.5 cm³/mol. The quantitative estimate of drug-likeness (QED) is 0.850. The highest BCUT2D eigenvalue weighted by Crippen LogP contribution is 2.28. The zero-order valence-electron chi connectivity index (χ0n) is 12.3. The number of rotatable bonds is 6. The largest absolute Gasteiger partial charge is 0.496 e. The van der Waals surface area contributed by atoms with E-state index in [1.807, 2.05) is 24.3 Å². The molecule has 19 heavy (non-hydrogen) atoms. The Balaban J connectivity index is 2.76. The van der Waals surface area contributed by atoms with E-state index in [9.17, 15) is 9.90 Å². The van der Waals surface area contributed by atoms with Gasteiger partial charge in [0.25, 0.3) is 0 Å². The minimum atomic E-state index is -0.727. The van der Waals surface area contributed by atoms with Gasteiger partial charge < -0.3 is 9.84 Å². The van der Waals surface area contributed by atoms with Crippen molar-refractivity contribution in [2.75, 3.05) is 7.11 Å². The smallest absolute Gasteiger partial charge is 0.306 e. The number of para-hydroxylation sites is 1. The molecule has 0 fully saturated rings. The lowest BCUT2D eigenvalue weighted by Crippen LogP contribution is -2.19. The van der Waals surface area contributed by atoms with Gasteiger partial charge in [-0.1, -0.05) is 39.0 Å². The molecule has 0 aliphatic carbocycles. The van der Waals surface area contributed by atoms with Crippen LogP contribution >= 0.6 is 0 Å². The first kappa shape index (κ1) is 15.5. The van der Waals surface area contributed by atoms with E-state index in [1.54, 1.807) is 7.11 Å². The molecule has 1 aromatic carbocycles. The molecular weight excluding hydrogens is 240 g/mol. The first-order valence-electron chi connectivity index (χ1n) is 6.68. The van der Waals surface area contributed by atoms with Gasteiger partial charge in [-0.2, -0.15) is 0 Å². The van der Waals surface area contributed by atoms with Crippen LogP contribution < -0.4 is 4.74 Å². The Kier molecular flexibility index (Phi) is 5.40. The molecule has 0 saturated carbocycles. The van der Waals surface area contributed by atoms with Gasteiger partial charge in [0, 0.05) is 0 Å². The number of benzene rings is 1. The van der Waals surface area contributed by atoms with Crippen molar-refractivity contribution in [3.63, 3.8) is 0 Å². The Morgan fingerprint density at radius 3 is 2.47 bits per heavy atom. The fourth-order valence-corrected chi connectivity index (χ4v) is 2.06. The normalized spacial score (nSPS) is 13.1. The first-order chi connectivity index (χ1) is 8.83. The van der Waals surface area contributed by atoms with E-state index in [2.05, 4.69) is 20.8 Å². The van der Waals surface area contributed by atoms with Crippen molar-refractivity contribution in [1.82, 2.24) is 0 Å². The second kappa shape index (κ2) is 6.60. The molecule has 106 valence electrons. The average Bonchev–Trinajstić information content (AvgIpc) is 2.33. The van der Waals surface area contributed by atoms with E-state index in [0.29, 0.717) is 12.8 Å². The van der Waals surface area contributed by atoms with Crippen LogP contribution in [-0.2, 0) is 11.2 Å². The lowest BCUT2D eigenvalue weighted by atomic mass is 9.84. The molecule has 1 N–H and O–H groups in total. The third kappa shape index (κ3) is 5.33. The van der Waals surface area contributed by atoms with E-state index in [0.717, 1.165) is 17.7 Å². The van der Waals surface area contributed by atoms with Crippen LogP contribution in [-0.4, -0.2) is 18.2 Å². The van der Waals surface area contributed by atoms with Gasteiger partial charge in [-0.25, -0.2) is 0 Å². The number of hydrogen-bond donors (Lipinski definition) is 1. The number of aliphatic carboxylic acids is 1. The monoisotopic (exact) mass is 264 g/mol. The van der Waals surface area contributed by atoms with Crippen LogP contribution in [0.3, 0.4) is 0 Å². The van der Waals surface area contributed by atoms with E-state index in [4.69, 9.17) is 4.74 Å². The zero-order valence-corrected chi connectivity index (χ0v) is 12.3. The lowest BCUT2D eigenvalue weighted by molar-refractivity contribution is -0.142. The van der Waals surface area contributed by atoms with Crippen LogP contribution in [0.2, 0.25) is 0 Å². The maximum absolute atomic E-state index is 11.4. The summed E-state index contributed by atoms with van der Waals surface area (Å²) in [6.45, 7) is 6.40. The fourth-order valence-electron chi connectivity index (χ4n) is 2.06. The third-order valence-electron chi connectivity index (χ3n) is 3.25. The van der Waals surface area contributed by atoms with E-state index in [-0.39, 0.29) is 11.3 Å². The standard InChI is InChI=1S/C16H24O3/c1-16(2,3)10-9-13(15(17)18)11-12-7-5-6-8-14(12)19-4/h5-8,13H,9-11H2,1-4H3,(H,17,18). The maximum Gasteiger partial charge on any atom is 0.306 e. The van der Waals surface area contributed by atoms with Gasteiger partial charge in [0.15, 0.2) is 0 Å². The van der Waals surface area contributed by atoms with Gasteiger partial charge in [0.1, 0.15) is 5.75 Å². The van der Waals surface area contributed by atoms with Crippen molar-refractivity contribution < 1.29 is 14.6 Å². The predicted octanol–water partition coefficient (Wildman–Crippen LogP) is 3.76. The molecule has 0 aromatic heterocycles. The number of ether oxygens (including phenoxy) is 1. The lowest BCUT2D eigenvalue weighted by Gasteiger charge is -2.21. The summed E-state index contributed by atoms with van der Waals surface area (Å²) in [6.07, 6.45) is 2.12. The Labute approximate surface area is 115 Å². The third-order valence-corrected chi connectivity index (χ3v) is 3.25. The molecule has 0 radical (unpaired) electrons. The summed E-state index contributed by atoms with van der Waals surface area (Å²) in [5.74, 6) is -0.310. The zero-order chi connectivity index (χ0) is 14.5. The van der Waals surface area contributed by atoms with E-state index in [1.165, 1.54) is 0 Å². The Bertz CT molecular complexity index is 418. The highest BCUT2D eigenvalue weighted by molar-refractivity contribution is 5.70. The Morgan fingerprint density at radius 2 is 1.95 bits per heavy atom. The van der Waals surface area contributed by atoms with Crippen LogP contribution in [0, 0.1) is 11.3 Å². The number of carbonyl (C=O) groups is 1. The Morgan fingerprint density at radius 1 is 1.32 bits per heavy atom. The van der Waals surface area contributed by atoms with Crippen LogP contribution in [0.4, 0.5) is 0 Å². The molecule has 1 atom stereocenters. The number of methoxy groups -OCH3 is 1. The van der Waals surface area contributed by atoms with Crippen molar-refractivity contribution in [1.29, 1.82) is 0 Å². The Hall–Kier alpha value is -1.51. The molecule has 1 rings (SSSR count). The molecule has 0 amide bonds. The average molecular weight is 264 g/mol. The molecule has 1 unspecified atom stereocenters. The van der Waals surface area contributed by atoms with E-state index < -0.39 is 5.97 Å². The molecule has 0 spiro atoms. The van der Waals surface area contributed by atoms with Gasteiger partial charge in [-0.15, -0.1) is 0 Å². The molecule has 3 nitrogen and oxygen atoms in total. The highest BCUT2D eigenvalue weighted by Gasteiger charge is 2.22. The molecular formula is C16H24O3. The SMILES string of the molecule is COc1ccccc1CC(CCC(C)(C)C)C(=O)O. The van der Waals surface area contributed by atoms with Crippen molar-refractivity contribution in [3.8, 4) is 5.75 Å². The number of hydrogen-bond acceptors (Lipinski definition) is 2. The topological polar surface area (TPSA) is 46.5 Å². The fraction of sp³-hybridized carbons (Fsp3) is 0.562. The van der Waals surface area contributed by atoms with Crippen LogP contribution in [0.15, 0.2) is 24.3 Å². The second-order valence-corrected chi connectivity index (χ2v) is 6.15. The number of carboxylic acids is 1.